The molecular weight excluding hydrogens is 308 g/mol. The van der Waals surface area contributed by atoms with Gasteiger partial charge in [0, 0.05) is 0 Å². The molecule has 2 heterocycles. The number of nitrogens with zero attached hydrogens (tertiary/aromatic N) is 2. The summed E-state index contributed by atoms with van der Waals surface area (Å²) in [6, 6.07) is 13.4. The van der Waals surface area contributed by atoms with Gasteiger partial charge in [-0.15, -0.1) is 0 Å². The number of pyridine rings is 1. The summed E-state index contributed by atoms with van der Waals surface area (Å²) in [6.45, 7) is 2.75. The number of aromatic nitrogens is 2. The molecular formula is C18H18N2O4. The monoisotopic (exact) mass is 326 g/mol. The van der Waals surface area contributed by atoms with Crippen LogP contribution in [0.3, 0.4) is 0 Å². The molecule has 0 aliphatic rings. The van der Waals surface area contributed by atoms with Crippen molar-refractivity contribution in [2.24, 2.45) is 0 Å². The molecule has 0 bridgehead atoms. The molecule has 0 aliphatic heterocycles. The van der Waals surface area contributed by atoms with Gasteiger partial charge in [0.2, 0.25) is 0 Å². The molecule has 6 nitrogen and oxygen atoms in total. The van der Waals surface area contributed by atoms with Gasteiger partial charge < -0.3 is 14.2 Å². The molecule has 0 saturated heterocycles. The lowest BCUT2D eigenvalue weighted by molar-refractivity contribution is 0.0603. The van der Waals surface area contributed by atoms with E-state index in [1.807, 2.05) is 37.3 Å². The molecule has 0 unspecified atom stereocenters. The van der Waals surface area contributed by atoms with E-state index in [2.05, 4.69) is 5.10 Å². The van der Waals surface area contributed by atoms with Crippen molar-refractivity contribution in [3.05, 3.63) is 59.8 Å². The van der Waals surface area contributed by atoms with Crippen molar-refractivity contribution in [2.45, 2.75) is 13.5 Å². The van der Waals surface area contributed by atoms with E-state index in [1.165, 1.54) is 13.3 Å². The van der Waals surface area contributed by atoms with Gasteiger partial charge in [0.05, 0.1) is 25.4 Å². The summed E-state index contributed by atoms with van der Waals surface area (Å²) >= 11 is 0. The first-order valence-corrected chi connectivity index (χ1v) is 7.63. The normalized spacial score (nSPS) is 10.6. The Labute approximate surface area is 139 Å². The molecule has 0 amide bonds. The minimum absolute atomic E-state index is 0.382. The summed E-state index contributed by atoms with van der Waals surface area (Å²) in [6.07, 6.45) is 1.46. The summed E-state index contributed by atoms with van der Waals surface area (Å²) in [5, 5.41) is 4.23. The zero-order valence-electron chi connectivity index (χ0n) is 13.6. The lowest BCUT2D eigenvalue weighted by atomic mass is 10.2. The van der Waals surface area contributed by atoms with E-state index in [-0.39, 0.29) is 0 Å². The van der Waals surface area contributed by atoms with Crippen LogP contribution in [0.1, 0.15) is 22.8 Å². The molecule has 0 atom stereocenters. The maximum atomic E-state index is 11.8. The third-order valence-electron chi connectivity index (χ3n) is 3.53. The van der Waals surface area contributed by atoms with Gasteiger partial charge >= 0.3 is 5.97 Å². The molecule has 0 saturated carbocycles. The zero-order chi connectivity index (χ0) is 16.9. The highest BCUT2D eigenvalue weighted by molar-refractivity contribution is 5.96. The van der Waals surface area contributed by atoms with Crippen LogP contribution in [-0.2, 0) is 11.3 Å². The van der Waals surface area contributed by atoms with E-state index in [0.29, 0.717) is 35.9 Å². The number of hydrogen-bond donors (Lipinski definition) is 0. The van der Waals surface area contributed by atoms with Crippen LogP contribution in [0.4, 0.5) is 0 Å². The zero-order valence-corrected chi connectivity index (χ0v) is 13.6. The first-order valence-electron chi connectivity index (χ1n) is 7.63. The third kappa shape index (κ3) is 3.03. The molecule has 0 aliphatic carbocycles. The predicted octanol–water partition coefficient (Wildman–Crippen LogP) is 3.10. The lowest BCUT2D eigenvalue weighted by Crippen LogP contribution is -2.05. The molecule has 2 aromatic heterocycles. The van der Waals surface area contributed by atoms with Crippen LogP contribution < -0.4 is 9.47 Å². The summed E-state index contributed by atoms with van der Waals surface area (Å²) in [5.74, 6) is 0.583. The van der Waals surface area contributed by atoms with Gasteiger partial charge in [0.25, 0.3) is 5.88 Å². The van der Waals surface area contributed by atoms with Crippen molar-refractivity contribution in [3.8, 4) is 11.6 Å². The van der Waals surface area contributed by atoms with Crippen LogP contribution in [0.25, 0.3) is 5.52 Å². The van der Waals surface area contributed by atoms with Crippen molar-refractivity contribution in [1.82, 2.24) is 9.61 Å². The van der Waals surface area contributed by atoms with Crippen molar-refractivity contribution >= 4 is 11.5 Å². The quantitative estimate of drug-likeness (QED) is 0.651. The highest BCUT2D eigenvalue weighted by Gasteiger charge is 2.18. The molecule has 124 valence electrons. The Bertz CT molecular complexity index is 843. The fraction of sp³-hybridized carbons (Fsp3) is 0.222. The Morgan fingerprint density at radius 1 is 1.12 bits per heavy atom. The van der Waals surface area contributed by atoms with E-state index in [4.69, 9.17) is 14.2 Å². The number of esters is 1. The van der Waals surface area contributed by atoms with Crippen LogP contribution in [-0.4, -0.2) is 29.3 Å². The van der Waals surface area contributed by atoms with E-state index >= 15 is 0 Å². The molecule has 0 N–H and O–H groups in total. The van der Waals surface area contributed by atoms with E-state index < -0.39 is 5.97 Å². The Kier molecular flexibility index (Phi) is 4.65. The average Bonchev–Trinajstić information content (AvgIpc) is 3.06. The minimum atomic E-state index is -0.439. The molecule has 0 fully saturated rings. The van der Waals surface area contributed by atoms with Crippen molar-refractivity contribution in [1.29, 1.82) is 0 Å². The predicted molar refractivity (Wildman–Crippen MR) is 88.5 cm³/mol. The molecule has 1 aromatic carbocycles. The van der Waals surface area contributed by atoms with Crippen molar-refractivity contribution < 1.29 is 19.0 Å². The second-order valence-electron chi connectivity index (χ2n) is 5.06. The molecule has 0 spiro atoms. The maximum absolute atomic E-state index is 11.8. The third-order valence-corrected chi connectivity index (χ3v) is 3.53. The average molecular weight is 326 g/mol. The summed E-state index contributed by atoms with van der Waals surface area (Å²) in [5.41, 5.74) is 2.04. The van der Waals surface area contributed by atoms with Crippen LogP contribution in [0.2, 0.25) is 0 Å². The van der Waals surface area contributed by atoms with E-state index in [9.17, 15) is 4.79 Å². The van der Waals surface area contributed by atoms with E-state index in [0.717, 1.165) is 5.56 Å². The van der Waals surface area contributed by atoms with Gasteiger partial charge in [0.15, 0.2) is 5.75 Å². The van der Waals surface area contributed by atoms with E-state index in [1.54, 1.807) is 16.6 Å². The van der Waals surface area contributed by atoms with Crippen molar-refractivity contribution in [3.63, 3.8) is 0 Å². The Morgan fingerprint density at radius 2 is 1.92 bits per heavy atom. The topological polar surface area (TPSA) is 62.1 Å². The second-order valence-corrected chi connectivity index (χ2v) is 5.06. The SMILES string of the molecule is CCOc1c(OCc2ccccc2)ccc2c(C(=O)OC)cnn12. The van der Waals surface area contributed by atoms with Gasteiger partial charge in [-0.3, -0.25) is 0 Å². The number of hydrogen-bond acceptors (Lipinski definition) is 5. The number of benzene rings is 1. The molecule has 6 heteroatoms. The Balaban J connectivity index is 1.95. The van der Waals surface area contributed by atoms with Gasteiger partial charge in [-0.25, -0.2) is 4.79 Å². The van der Waals surface area contributed by atoms with Crippen LogP contribution in [0, 0.1) is 0 Å². The van der Waals surface area contributed by atoms with Crippen LogP contribution in [0.15, 0.2) is 48.7 Å². The highest BCUT2D eigenvalue weighted by Crippen LogP contribution is 2.30. The van der Waals surface area contributed by atoms with Crippen molar-refractivity contribution in [2.75, 3.05) is 13.7 Å². The van der Waals surface area contributed by atoms with Gasteiger partial charge in [-0.05, 0) is 24.6 Å². The van der Waals surface area contributed by atoms with Gasteiger partial charge in [0.1, 0.15) is 12.2 Å². The molecule has 3 aromatic rings. The molecule has 3 rings (SSSR count). The second kappa shape index (κ2) is 7.04. The first-order chi connectivity index (χ1) is 11.7. The summed E-state index contributed by atoms with van der Waals surface area (Å²) in [7, 11) is 1.34. The number of carbonyl (C=O) groups excluding carboxylic acids is 1. The van der Waals surface area contributed by atoms with Crippen LogP contribution in [0.5, 0.6) is 11.6 Å². The van der Waals surface area contributed by atoms with Crippen LogP contribution >= 0.6 is 0 Å². The summed E-state index contributed by atoms with van der Waals surface area (Å²) < 4.78 is 17.9. The number of rotatable bonds is 6. The minimum Gasteiger partial charge on any atom is -0.483 e. The number of methoxy groups -OCH3 is 1. The highest BCUT2D eigenvalue weighted by atomic mass is 16.5. The number of ether oxygens (including phenoxy) is 3. The fourth-order valence-electron chi connectivity index (χ4n) is 2.39. The smallest absolute Gasteiger partial charge is 0.341 e. The van der Waals surface area contributed by atoms with Gasteiger partial charge in [-0.1, -0.05) is 30.3 Å². The standard InChI is InChI=1S/C18H18N2O4/c1-3-23-17-16(24-12-13-7-5-4-6-8-13)10-9-15-14(18(21)22-2)11-19-20(15)17/h4-11H,3,12H2,1-2H3. The summed E-state index contributed by atoms with van der Waals surface area (Å²) in [4.78, 5) is 11.8. The molecule has 24 heavy (non-hydrogen) atoms. The molecule has 0 radical (unpaired) electrons. The lowest BCUT2D eigenvalue weighted by Gasteiger charge is -2.13. The largest absolute Gasteiger partial charge is 0.483 e. The Hall–Kier alpha value is -3.02. The number of carbonyl (C=O) groups is 1. The maximum Gasteiger partial charge on any atom is 0.341 e. The first kappa shape index (κ1) is 15.9. The van der Waals surface area contributed by atoms with Gasteiger partial charge in [-0.2, -0.15) is 9.61 Å². The Morgan fingerprint density at radius 3 is 2.62 bits per heavy atom. The number of fused-ring (bicyclic) bond motifs is 1. The fourth-order valence-corrected chi connectivity index (χ4v) is 2.39.